The van der Waals surface area contributed by atoms with Crippen LogP contribution in [0.4, 0.5) is 60.7 Å². The summed E-state index contributed by atoms with van der Waals surface area (Å²) in [5, 5.41) is 43.1. The van der Waals surface area contributed by atoms with Crippen molar-refractivity contribution < 1.29 is 60.4 Å². The summed E-state index contributed by atoms with van der Waals surface area (Å²) in [5.41, 5.74) is -2.31. The summed E-state index contributed by atoms with van der Waals surface area (Å²) in [5.74, 6) is 0.792. The molecule has 0 spiro atoms. The molecule has 0 atom stereocenters. The minimum absolute atomic E-state index is 0.0188. The van der Waals surface area contributed by atoms with Gasteiger partial charge in [0.25, 0.3) is 11.4 Å². The Morgan fingerprint density at radius 1 is 0.600 bits per heavy atom. The molecule has 19 nitrogen and oxygen atoms in total. The van der Waals surface area contributed by atoms with Gasteiger partial charge in [0, 0.05) is 109 Å². The van der Waals surface area contributed by atoms with Crippen molar-refractivity contribution in [1.29, 1.82) is 0 Å². The molecule has 0 radical (unpaired) electrons. The zero-order valence-corrected chi connectivity index (χ0v) is 48.2. The lowest BCUT2D eigenvalue weighted by Gasteiger charge is -2.36. The highest BCUT2D eigenvalue weighted by molar-refractivity contribution is 6.31. The van der Waals surface area contributed by atoms with Crippen LogP contribution in [0, 0.1) is 20.2 Å². The van der Waals surface area contributed by atoms with Crippen molar-refractivity contribution in [1.82, 2.24) is 20.2 Å². The van der Waals surface area contributed by atoms with Crippen molar-refractivity contribution in [3.63, 3.8) is 0 Å². The number of benzene rings is 4. The molecule has 0 unspecified atom stereocenters. The number of hydrogen-bond donors (Lipinski definition) is 4. The molecule has 458 valence electrons. The standard InChI is InChI=1S/C28H29ClF3N5O4.C15H17F3N2O5.C13H14ClN3.C2H6/c29-19-2-8-24-18(15-19)1-10-26(34-24)35-11-13-36(14-12-35)27(38)17-41-22-6-3-20(4-7-22)33-21-5-9-25(37(39)40)23(16-21)28(30,31)32;16-15(17,18)12-7-10(3-6-13(12)20(23)24)19-9-1-4-11(5-2-9)25-8-14(21)22;14-11-2-3-12-10(9-11)1-4-13(16-12)17-7-5-15-6-8-17;1-2/h1-2,5,8-10,15-16,20,22,33H,3-4,6-7,11-14,17H2;3,6-7,9,11,19H,1-2,4-5,8H2,(H,21,22);1-4,9,15H,5-8H2;1-2H3. The van der Waals surface area contributed by atoms with E-state index in [9.17, 15) is 56.2 Å². The maximum absolute atomic E-state index is 13.3. The van der Waals surface area contributed by atoms with Crippen LogP contribution in [-0.2, 0) is 31.4 Å². The molecule has 2 aromatic heterocycles. The molecule has 2 saturated heterocycles. The Morgan fingerprint density at radius 2 is 1.01 bits per heavy atom. The minimum atomic E-state index is -4.83. The fourth-order valence-electron chi connectivity index (χ4n) is 10.3. The van der Waals surface area contributed by atoms with Crippen LogP contribution in [0.5, 0.6) is 0 Å². The van der Waals surface area contributed by atoms with E-state index in [4.69, 9.17) is 42.8 Å². The van der Waals surface area contributed by atoms with E-state index in [0.717, 1.165) is 88.9 Å². The summed E-state index contributed by atoms with van der Waals surface area (Å²) < 4.78 is 89.8. The van der Waals surface area contributed by atoms with Gasteiger partial charge in [0.1, 0.15) is 36.0 Å². The lowest BCUT2D eigenvalue weighted by molar-refractivity contribution is -0.388. The van der Waals surface area contributed by atoms with Crippen molar-refractivity contribution in [3.8, 4) is 0 Å². The monoisotopic (exact) mass is 1230 g/mol. The summed E-state index contributed by atoms with van der Waals surface area (Å²) in [4.78, 5) is 58.5. The van der Waals surface area contributed by atoms with Gasteiger partial charge >= 0.3 is 18.3 Å². The highest BCUT2D eigenvalue weighted by Gasteiger charge is 2.40. The molecule has 4 aromatic carbocycles. The van der Waals surface area contributed by atoms with Crippen LogP contribution < -0.4 is 25.8 Å². The first-order chi connectivity index (χ1) is 40.6. The number of aromatic nitrogens is 2. The second-order valence-electron chi connectivity index (χ2n) is 20.3. The van der Waals surface area contributed by atoms with E-state index < -0.39 is 50.7 Å². The van der Waals surface area contributed by atoms with Gasteiger partial charge in [-0.3, -0.25) is 25.0 Å². The number of nitrogens with one attached hydrogen (secondary N) is 3. The number of amides is 1. The third kappa shape index (κ3) is 18.8. The van der Waals surface area contributed by atoms with E-state index in [1.54, 1.807) is 4.90 Å². The Balaban J connectivity index is 0.000000199. The third-order valence-corrected chi connectivity index (χ3v) is 15.1. The first-order valence-corrected chi connectivity index (χ1v) is 28.6. The quantitative estimate of drug-likeness (QED) is 0.0451. The average molecular weight is 1230 g/mol. The highest BCUT2D eigenvalue weighted by Crippen LogP contribution is 2.40. The number of ether oxygens (including phenoxy) is 2. The molecule has 4 aliphatic rings. The summed E-state index contributed by atoms with van der Waals surface area (Å²) in [6, 6.07) is 25.1. The number of carbonyl (C=O) groups is 2. The summed E-state index contributed by atoms with van der Waals surface area (Å²) in [6.45, 7) is 10.2. The number of carboxylic acids is 1. The summed E-state index contributed by atoms with van der Waals surface area (Å²) >= 11 is 12.0. The predicted molar refractivity (Wildman–Crippen MR) is 314 cm³/mol. The van der Waals surface area contributed by atoms with Gasteiger partial charge in [0.2, 0.25) is 5.91 Å². The molecule has 2 saturated carbocycles. The van der Waals surface area contributed by atoms with Crippen molar-refractivity contribution in [2.24, 2.45) is 0 Å². The Morgan fingerprint density at radius 3 is 1.41 bits per heavy atom. The molecule has 2 aliphatic heterocycles. The fraction of sp³-hybridized carbons (Fsp3) is 0.448. The Hall–Kier alpha value is -7.32. The molecule has 4 N–H and O–H groups in total. The number of pyridine rings is 2. The van der Waals surface area contributed by atoms with Crippen molar-refractivity contribution >= 4 is 91.3 Å². The molecule has 27 heteroatoms. The summed E-state index contributed by atoms with van der Waals surface area (Å²) in [7, 11) is 0. The number of anilines is 4. The fourth-order valence-corrected chi connectivity index (χ4v) is 10.7. The van der Waals surface area contributed by atoms with E-state index in [-0.39, 0.29) is 54.8 Å². The molecular weight excluding hydrogens is 1170 g/mol. The second kappa shape index (κ2) is 30.2. The van der Waals surface area contributed by atoms with E-state index in [1.165, 1.54) is 12.1 Å². The van der Waals surface area contributed by atoms with Gasteiger partial charge in [-0.2, -0.15) is 26.3 Å². The van der Waals surface area contributed by atoms with E-state index in [2.05, 4.69) is 42.9 Å². The number of nitro benzene ring substituents is 2. The first kappa shape index (κ1) is 65.2. The topological polar surface area (TPSA) is 231 Å². The molecule has 0 bridgehead atoms. The largest absolute Gasteiger partial charge is 0.480 e. The van der Waals surface area contributed by atoms with E-state index in [0.29, 0.717) is 82.6 Å². The zero-order valence-electron chi connectivity index (χ0n) is 46.6. The molecular formula is C58H66Cl2F6N10O9. The number of nitrogens with zero attached hydrogens (tertiary/aromatic N) is 7. The molecule has 4 heterocycles. The normalized spacial score (nSPS) is 19.1. The number of alkyl halides is 6. The van der Waals surface area contributed by atoms with Gasteiger partial charge in [-0.15, -0.1) is 0 Å². The van der Waals surface area contributed by atoms with Crippen LogP contribution in [0.2, 0.25) is 10.0 Å². The smallest absolute Gasteiger partial charge is 0.423 e. The van der Waals surface area contributed by atoms with Gasteiger partial charge in [0.05, 0.1) is 33.1 Å². The number of piperazine rings is 2. The third-order valence-electron chi connectivity index (χ3n) is 14.6. The minimum Gasteiger partial charge on any atom is -0.480 e. The molecule has 85 heavy (non-hydrogen) atoms. The lowest BCUT2D eigenvalue weighted by atomic mass is 9.92. The van der Waals surface area contributed by atoms with Gasteiger partial charge in [-0.25, -0.2) is 14.8 Å². The SMILES string of the molecule is CC.Clc1ccc2nc(N3CCNCC3)ccc2c1.O=C(COC1CCC(Nc2ccc([N+](=O)[O-])c(C(F)(F)F)c2)CC1)N1CCN(c2ccc3cc(Cl)ccc3n2)CC1.O=C(O)COC1CCC(Nc2ccc([N+](=O)[O-])c(C(F)(F)F)c2)CC1. The average Bonchev–Trinajstić information content (AvgIpc) is 2.56. The predicted octanol–water partition coefficient (Wildman–Crippen LogP) is 12.7. The van der Waals surface area contributed by atoms with Crippen molar-refractivity contribution in [2.45, 2.75) is 102 Å². The number of halogens is 8. The lowest BCUT2D eigenvalue weighted by Crippen LogP contribution is -2.50. The Labute approximate surface area is 496 Å². The Bertz CT molecular complexity index is 3250. The van der Waals surface area contributed by atoms with Gasteiger partial charge < -0.3 is 45.2 Å². The molecule has 1 amide bonds. The van der Waals surface area contributed by atoms with E-state index in [1.807, 2.05) is 62.4 Å². The first-order valence-electron chi connectivity index (χ1n) is 27.9. The van der Waals surface area contributed by atoms with Crippen LogP contribution in [0.15, 0.2) is 97.1 Å². The van der Waals surface area contributed by atoms with Gasteiger partial charge in [-0.1, -0.05) is 37.0 Å². The van der Waals surface area contributed by atoms with Crippen LogP contribution in [-0.4, -0.2) is 132 Å². The number of rotatable bonds is 14. The maximum Gasteiger partial charge on any atom is 0.423 e. The number of carbonyl (C=O) groups excluding carboxylic acids is 1. The van der Waals surface area contributed by atoms with Crippen LogP contribution in [0.1, 0.15) is 76.3 Å². The molecule has 6 aromatic rings. The number of nitro groups is 2. The zero-order chi connectivity index (χ0) is 61.4. The number of fused-ring (bicyclic) bond motifs is 2. The van der Waals surface area contributed by atoms with Gasteiger partial charge in [0.15, 0.2) is 0 Å². The van der Waals surface area contributed by atoms with E-state index >= 15 is 0 Å². The van der Waals surface area contributed by atoms with Crippen LogP contribution in [0.25, 0.3) is 21.8 Å². The molecule has 10 rings (SSSR count). The second-order valence-corrected chi connectivity index (χ2v) is 21.2. The number of hydrogen-bond acceptors (Lipinski definition) is 15. The maximum atomic E-state index is 13.3. The van der Waals surface area contributed by atoms with Gasteiger partial charge in [-0.05, 0) is 136 Å². The summed E-state index contributed by atoms with van der Waals surface area (Å²) in [6.07, 6.45) is -4.99. The highest BCUT2D eigenvalue weighted by atomic mass is 35.5. The number of carboxylic acid groups (broad SMARTS) is 1. The number of aliphatic carboxylic acids is 1. The molecule has 4 fully saturated rings. The van der Waals surface area contributed by atoms with Crippen LogP contribution >= 0.6 is 23.2 Å². The van der Waals surface area contributed by atoms with Crippen LogP contribution in [0.3, 0.4) is 0 Å². The molecule has 2 aliphatic carbocycles. The Kier molecular flexibility index (Phi) is 23.1. The van der Waals surface area contributed by atoms with Crippen molar-refractivity contribution in [3.05, 3.63) is 138 Å². The van der Waals surface area contributed by atoms with Crippen molar-refractivity contribution in [2.75, 3.05) is 86.0 Å².